The Kier molecular flexibility index (Phi) is 1.91. The highest BCUT2D eigenvalue weighted by molar-refractivity contribution is 14.1. The highest BCUT2D eigenvalue weighted by atomic mass is 127. The molecule has 6 heteroatoms. The molecule has 0 fully saturated rings. The van der Waals surface area contributed by atoms with Crippen LogP contribution >= 0.6 is 22.6 Å². The molecule has 0 saturated heterocycles. The average Bonchev–Trinajstić information content (AvgIpc) is 2.06. The summed E-state index contributed by atoms with van der Waals surface area (Å²) in [6.45, 7) is 0. The van der Waals surface area contributed by atoms with Crippen LogP contribution in [-0.2, 0) is 0 Å². The van der Waals surface area contributed by atoms with Crippen molar-refractivity contribution >= 4 is 33.6 Å². The minimum atomic E-state index is -0.536. The molecule has 0 atom stereocenters. The molecule has 0 aromatic carbocycles. The summed E-state index contributed by atoms with van der Waals surface area (Å²) in [6.07, 6.45) is 1.58. The molecule has 0 amide bonds. The Morgan fingerprint density at radius 3 is 2.85 bits per heavy atom. The van der Waals surface area contributed by atoms with E-state index in [1.807, 2.05) is 22.6 Å². The van der Waals surface area contributed by atoms with Crippen LogP contribution in [0.3, 0.4) is 0 Å². The predicted octanol–water partition coefficient (Wildman–Crippen LogP) is 0.216. The van der Waals surface area contributed by atoms with Crippen molar-refractivity contribution in [2.75, 3.05) is 0 Å². The molecular formula is C7H4IN3O2. The van der Waals surface area contributed by atoms with Gasteiger partial charge in [0.25, 0.3) is 5.56 Å². The van der Waals surface area contributed by atoms with Crippen molar-refractivity contribution < 1.29 is 0 Å². The Bertz CT molecular complexity index is 572. The molecule has 0 aliphatic carbocycles. The van der Waals surface area contributed by atoms with E-state index in [2.05, 4.69) is 15.0 Å². The molecule has 13 heavy (non-hydrogen) atoms. The summed E-state index contributed by atoms with van der Waals surface area (Å²) in [7, 11) is 0. The van der Waals surface area contributed by atoms with Crippen molar-refractivity contribution in [3.05, 3.63) is 36.7 Å². The van der Waals surface area contributed by atoms with Crippen molar-refractivity contribution in [3.8, 4) is 0 Å². The van der Waals surface area contributed by atoms with Gasteiger partial charge in [-0.15, -0.1) is 0 Å². The molecule has 0 aliphatic heterocycles. The monoisotopic (exact) mass is 289 g/mol. The lowest BCUT2D eigenvalue weighted by Crippen LogP contribution is -2.22. The summed E-state index contributed by atoms with van der Waals surface area (Å²) in [5.41, 5.74) is -0.634. The molecule has 0 aliphatic rings. The largest absolute Gasteiger partial charge is 0.327 e. The van der Waals surface area contributed by atoms with Gasteiger partial charge in [-0.05, 0) is 28.7 Å². The summed E-state index contributed by atoms with van der Waals surface area (Å²) >= 11 is 2.05. The van der Waals surface area contributed by atoms with Gasteiger partial charge in [0.15, 0.2) is 0 Å². The molecule has 0 saturated carbocycles. The van der Waals surface area contributed by atoms with E-state index in [-0.39, 0.29) is 0 Å². The van der Waals surface area contributed by atoms with E-state index >= 15 is 0 Å². The van der Waals surface area contributed by atoms with E-state index < -0.39 is 11.2 Å². The number of pyridine rings is 1. The number of hydrogen-bond donors (Lipinski definition) is 2. The van der Waals surface area contributed by atoms with E-state index in [0.717, 1.165) is 3.57 Å². The second kappa shape index (κ2) is 2.95. The molecule has 5 nitrogen and oxygen atoms in total. The summed E-state index contributed by atoms with van der Waals surface area (Å²) in [6, 6.07) is 1.66. The quantitative estimate of drug-likeness (QED) is 0.681. The number of nitrogens with one attached hydrogen (secondary N) is 2. The molecule has 2 rings (SSSR count). The molecule has 66 valence electrons. The SMILES string of the molecule is O=c1[nH]c(=O)c2cc(I)cnc2[nH]1. The Morgan fingerprint density at radius 1 is 1.31 bits per heavy atom. The number of aromatic nitrogens is 3. The Hall–Kier alpha value is -1.18. The van der Waals surface area contributed by atoms with Crippen molar-refractivity contribution in [1.29, 1.82) is 0 Å². The van der Waals surface area contributed by atoms with Crippen LogP contribution < -0.4 is 11.2 Å². The van der Waals surface area contributed by atoms with Crippen LogP contribution in [0.25, 0.3) is 11.0 Å². The second-order valence-electron chi connectivity index (χ2n) is 2.46. The zero-order valence-electron chi connectivity index (χ0n) is 6.30. The van der Waals surface area contributed by atoms with E-state index in [9.17, 15) is 9.59 Å². The van der Waals surface area contributed by atoms with E-state index in [1.54, 1.807) is 12.3 Å². The van der Waals surface area contributed by atoms with Crippen LogP contribution in [0, 0.1) is 3.57 Å². The van der Waals surface area contributed by atoms with Crippen LogP contribution in [0.4, 0.5) is 0 Å². The molecule has 0 radical (unpaired) electrons. The van der Waals surface area contributed by atoms with Crippen LogP contribution in [0.1, 0.15) is 0 Å². The van der Waals surface area contributed by atoms with Gasteiger partial charge in [0.05, 0.1) is 5.39 Å². The second-order valence-corrected chi connectivity index (χ2v) is 3.70. The number of fused-ring (bicyclic) bond motifs is 1. The van der Waals surface area contributed by atoms with Crippen LogP contribution in [-0.4, -0.2) is 15.0 Å². The van der Waals surface area contributed by atoms with Crippen molar-refractivity contribution in [1.82, 2.24) is 15.0 Å². The van der Waals surface area contributed by atoms with Gasteiger partial charge in [0, 0.05) is 9.77 Å². The number of halogens is 1. The molecule has 0 bridgehead atoms. The van der Waals surface area contributed by atoms with Crippen molar-refractivity contribution in [2.24, 2.45) is 0 Å². The topological polar surface area (TPSA) is 78.6 Å². The predicted molar refractivity (Wildman–Crippen MR) is 55.7 cm³/mol. The van der Waals surface area contributed by atoms with Crippen LogP contribution in [0.5, 0.6) is 0 Å². The van der Waals surface area contributed by atoms with Crippen LogP contribution in [0.15, 0.2) is 21.9 Å². The Labute approximate surface area is 85.4 Å². The first-order valence-corrected chi connectivity index (χ1v) is 4.52. The number of rotatable bonds is 0. The third kappa shape index (κ3) is 1.48. The van der Waals surface area contributed by atoms with Gasteiger partial charge >= 0.3 is 5.69 Å². The molecule has 2 N–H and O–H groups in total. The molecule has 0 unspecified atom stereocenters. The third-order valence-corrected chi connectivity index (χ3v) is 2.15. The Balaban J connectivity index is 3.04. The fraction of sp³-hybridized carbons (Fsp3) is 0. The molecule has 2 aromatic rings. The first kappa shape index (κ1) is 8.42. The average molecular weight is 289 g/mol. The summed E-state index contributed by atoms with van der Waals surface area (Å²) in [5.74, 6) is 0. The minimum Gasteiger partial charge on any atom is -0.291 e. The molecule has 0 spiro atoms. The van der Waals surface area contributed by atoms with E-state index in [4.69, 9.17) is 0 Å². The maximum absolute atomic E-state index is 11.2. The maximum Gasteiger partial charge on any atom is 0.327 e. The van der Waals surface area contributed by atoms with E-state index in [1.165, 1.54) is 0 Å². The van der Waals surface area contributed by atoms with Crippen LogP contribution in [0.2, 0.25) is 0 Å². The fourth-order valence-corrected chi connectivity index (χ4v) is 1.47. The van der Waals surface area contributed by atoms with Crippen molar-refractivity contribution in [3.63, 3.8) is 0 Å². The summed E-state index contributed by atoms with van der Waals surface area (Å²) in [5, 5.41) is 0.395. The van der Waals surface area contributed by atoms with Gasteiger partial charge in [-0.2, -0.15) is 0 Å². The van der Waals surface area contributed by atoms with Gasteiger partial charge in [-0.3, -0.25) is 14.8 Å². The highest BCUT2D eigenvalue weighted by Crippen LogP contribution is 2.06. The van der Waals surface area contributed by atoms with Gasteiger partial charge in [-0.25, -0.2) is 9.78 Å². The lowest BCUT2D eigenvalue weighted by Gasteiger charge is -1.94. The molecule has 2 aromatic heterocycles. The number of aromatic amines is 2. The lowest BCUT2D eigenvalue weighted by atomic mass is 10.3. The first-order chi connectivity index (χ1) is 6.16. The number of hydrogen-bond acceptors (Lipinski definition) is 3. The summed E-state index contributed by atoms with van der Waals surface area (Å²) in [4.78, 5) is 30.6. The smallest absolute Gasteiger partial charge is 0.291 e. The highest BCUT2D eigenvalue weighted by Gasteiger charge is 2.01. The standard InChI is InChI=1S/C7H4IN3O2/c8-3-1-4-5(9-2-3)10-7(13)11-6(4)12/h1-2H,(H2,9,10,11,12,13). The summed E-state index contributed by atoms with van der Waals surface area (Å²) < 4.78 is 0.850. The zero-order valence-corrected chi connectivity index (χ0v) is 8.45. The minimum absolute atomic E-state index is 0.314. The fourth-order valence-electron chi connectivity index (χ4n) is 1.02. The molecular weight excluding hydrogens is 285 g/mol. The molecule has 2 heterocycles. The lowest BCUT2D eigenvalue weighted by molar-refractivity contribution is 1.06. The third-order valence-electron chi connectivity index (χ3n) is 1.56. The van der Waals surface area contributed by atoms with E-state index in [0.29, 0.717) is 11.0 Å². The maximum atomic E-state index is 11.2. The zero-order chi connectivity index (χ0) is 9.42. The van der Waals surface area contributed by atoms with Gasteiger partial charge in [0.1, 0.15) is 5.65 Å². The number of H-pyrrole nitrogens is 2. The van der Waals surface area contributed by atoms with Crippen molar-refractivity contribution in [2.45, 2.75) is 0 Å². The number of nitrogens with zero attached hydrogens (tertiary/aromatic N) is 1. The normalized spacial score (nSPS) is 10.5. The first-order valence-electron chi connectivity index (χ1n) is 3.45. The van der Waals surface area contributed by atoms with Gasteiger partial charge in [0.2, 0.25) is 0 Å². The van der Waals surface area contributed by atoms with Gasteiger partial charge < -0.3 is 0 Å². The Morgan fingerprint density at radius 2 is 2.08 bits per heavy atom. The van der Waals surface area contributed by atoms with Gasteiger partial charge in [-0.1, -0.05) is 0 Å².